The number of hydrogen-bond donors (Lipinski definition) is 1. The van der Waals surface area contributed by atoms with Gasteiger partial charge in [0.2, 0.25) is 0 Å². The molecule has 0 aromatic heterocycles. The van der Waals surface area contributed by atoms with E-state index in [1.165, 1.54) is 0 Å². The third-order valence-corrected chi connectivity index (χ3v) is 4.51. The summed E-state index contributed by atoms with van der Waals surface area (Å²) in [5, 5.41) is 0. The van der Waals surface area contributed by atoms with E-state index in [9.17, 15) is 8.42 Å². The molecule has 0 fully saturated rings. The first-order chi connectivity index (χ1) is 7.34. The van der Waals surface area contributed by atoms with Gasteiger partial charge < -0.3 is 5.73 Å². The third-order valence-electron chi connectivity index (χ3n) is 2.62. The van der Waals surface area contributed by atoms with Crippen LogP contribution in [0, 0.1) is 12.8 Å². The first-order valence-electron chi connectivity index (χ1n) is 5.42. The number of anilines is 1. The van der Waals surface area contributed by atoms with Gasteiger partial charge in [0.15, 0.2) is 9.84 Å². The zero-order valence-corrected chi connectivity index (χ0v) is 10.8. The van der Waals surface area contributed by atoms with E-state index < -0.39 is 9.84 Å². The predicted octanol–water partition coefficient (Wildman–Crippen LogP) is 2.40. The van der Waals surface area contributed by atoms with Gasteiger partial charge in [0, 0.05) is 5.69 Å². The number of hydrogen-bond acceptors (Lipinski definition) is 3. The molecule has 0 aliphatic rings. The number of rotatable bonds is 4. The molecule has 0 saturated carbocycles. The molecule has 90 valence electrons. The van der Waals surface area contributed by atoms with Crippen molar-refractivity contribution in [3.05, 3.63) is 23.8 Å². The van der Waals surface area contributed by atoms with Gasteiger partial charge in [-0.15, -0.1) is 0 Å². The standard InChI is InChI=1S/C12H19NO2S/c1-9(2)7-8-16(14,15)12-6-4-5-11(13)10(12)3/h4-6,9H,7-8,13H2,1-3H3. The lowest BCUT2D eigenvalue weighted by molar-refractivity contribution is 0.573. The van der Waals surface area contributed by atoms with Crippen LogP contribution in [0.25, 0.3) is 0 Å². The van der Waals surface area contributed by atoms with Crippen molar-refractivity contribution in [3.63, 3.8) is 0 Å². The molecular weight excluding hydrogens is 222 g/mol. The number of benzene rings is 1. The van der Waals surface area contributed by atoms with Gasteiger partial charge in [-0.2, -0.15) is 0 Å². The van der Waals surface area contributed by atoms with Crippen molar-refractivity contribution >= 4 is 15.5 Å². The molecule has 1 aromatic rings. The van der Waals surface area contributed by atoms with Crippen molar-refractivity contribution in [3.8, 4) is 0 Å². The van der Waals surface area contributed by atoms with E-state index in [0.717, 1.165) is 0 Å². The molecule has 1 rings (SSSR count). The molecule has 0 atom stereocenters. The summed E-state index contributed by atoms with van der Waals surface area (Å²) < 4.78 is 24.1. The van der Waals surface area contributed by atoms with Gasteiger partial charge in [-0.3, -0.25) is 0 Å². The molecule has 0 amide bonds. The summed E-state index contributed by atoms with van der Waals surface area (Å²) in [5.41, 5.74) is 6.90. The monoisotopic (exact) mass is 241 g/mol. The second-order valence-electron chi connectivity index (χ2n) is 4.47. The highest BCUT2D eigenvalue weighted by molar-refractivity contribution is 7.91. The van der Waals surface area contributed by atoms with Crippen molar-refractivity contribution in [1.29, 1.82) is 0 Å². The van der Waals surface area contributed by atoms with E-state index in [2.05, 4.69) is 0 Å². The van der Waals surface area contributed by atoms with E-state index in [1.807, 2.05) is 13.8 Å². The summed E-state index contributed by atoms with van der Waals surface area (Å²) >= 11 is 0. The van der Waals surface area contributed by atoms with Gasteiger partial charge in [-0.1, -0.05) is 19.9 Å². The Morgan fingerprint density at radius 3 is 2.50 bits per heavy atom. The fraction of sp³-hybridized carbons (Fsp3) is 0.500. The maximum Gasteiger partial charge on any atom is 0.178 e. The Hall–Kier alpha value is -1.03. The van der Waals surface area contributed by atoms with Crippen LogP contribution in [-0.4, -0.2) is 14.2 Å². The maximum absolute atomic E-state index is 12.1. The van der Waals surface area contributed by atoms with Gasteiger partial charge in [0.05, 0.1) is 10.6 Å². The molecule has 0 spiro atoms. The molecule has 16 heavy (non-hydrogen) atoms. The Morgan fingerprint density at radius 1 is 1.31 bits per heavy atom. The lowest BCUT2D eigenvalue weighted by Gasteiger charge is -2.10. The van der Waals surface area contributed by atoms with Crippen LogP contribution in [0.1, 0.15) is 25.8 Å². The van der Waals surface area contributed by atoms with Gasteiger partial charge in [-0.05, 0) is 37.0 Å². The van der Waals surface area contributed by atoms with Crippen LogP contribution in [-0.2, 0) is 9.84 Å². The minimum absolute atomic E-state index is 0.189. The average Bonchev–Trinajstić information content (AvgIpc) is 2.19. The molecular formula is C12H19NO2S. The Morgan fingerprint density at radius 2 is 1.94 bits per heavy atom. The second-order valence-corrected chi connectivity index (χ2v) is 6.55. The van der Waals surface area contributed by atoms with Crippen LogP contribution in [0.2, 0.25) is 0 Å². The van der Waals surface area contributed by atoms with Crippen molar-refractivity contribution in [2.24, 2.45) is 5.92 Å². The Labute approximate surface area is 97.6 Å². The van der Waals surface area contributed by atoms with Gasteiger partial charge in [0.25, 0.3) is 0 Å². The van der Waals surface area contributed by atoms with Gasteiger partial charge in [-0.25, -0.2) is 8.42 Å². The summed E-state index contributed by atoms with van der Waals surface area (Å²) in [4.78, 5) is 0.369. The van der Waals surface area contributed by atoms with E-state index >= 15 is 0 Å². The van der Waals surface area contributed by atoms with Crippen molar-refractivity contribution < 1.29 is 8.42 Å². The highest BCUT2D eigenvalue weighted by Crippen LogP contribution is 2.22. The smallest absolute Gasteiger partial charge is 0.178 e. The van der Waals surface area contributed by atoms with E-state index in [-0.39, 0.29) is 5.75 Å². The molecule has 0 unspecified atom stereocenters. The first-order valence-corrected chi connectivity index (χ1v) is 7.07. The highest BCUT2D eigenvalue weighted by atomic mass is 32.2. The number of nitrogen functional groups attached to an aromatic ring is 1. The molecule has 2 N–H and O–H groups in total. The topological polar surface area (TPSA) is 60.2 Å². The molecule has 1 aromatic carbocycles. The van der Waals surface area contributed by atoms with Crippen LogP contribution in [0.4, 0.5) is 5.69 Å². The van der Waals surface area contributed by atoms with Crippen LogP contribution < -0.4 is 5.73 Å². The summed E-state index contributed by atoms with van der Waals surface area (Å²) in [7, 11) is -3.19. The van der Waals surface area contributed by atoms with E-state index in [1.54, 1.807) is 25.1 Å². The Kier molecular flexibility index (Phi) is 3.97. The highest BCUT2D eigenvalue weighted by Gasteiger charge is 2.18. The van der Waals surface area contributed by atoms with E-state index in [0.29, 0.717) is 28.5 Å². The Bertz CT molecular complexity index is 464. The number of sulfone groups is 1. The maximum atomic E-state index is 12.1. The van der Waals surface area contributed by atoms with Crippen LogP contribution in [0.5, 0.6) is 0 Å². The molecule has 0 saturated heterocycles. The molecule has 0 heterocycles. The van der Waals surface area contributed by atoms with Crippen LogP contribution in [0.3, 0.4) is 0 Å². The zero-order chi connectivity index (χ0) is 12.3. The number of nitrogens with two attached hydrogens (primary N) is 1. The molecule has 3 nitrogen and oxygen atoms in total. The SMILES string of the molecule is Cc1c(N)cccc1S(=O)(=O)CCC(C)C. The van der Waals surface area contributed by atoms with Crippen molar-refractivity contribution in [1.82, 2.24) is 0 Å². The molecule has 0 aliphatic carbocycles. The van der Waals surface area contributed by atoms with Gasteiger partial charge in [0.1, 0.15) is 0 Å². The molecule has 0 aliphatic heterocycles. The molecule has 0 radical (unpaired) electrons. The third kappa shape index (κ3) is 2.98. The Balaban J connectivity index is 3.03. The minimum Gasteiger partial charge on any atom is -0.398 e. The fourth-order valence-corrected chi connectivity index (χ4v) is 3.34. The molecule has 0 bridgehead atoms. The normalized spacial score (nSPS) is 12.0. The predicted molar refractivity (Wildman–Crippen MR) is 67.1 cm³/mol. The fourth-order valence-electron chi connectivity index (χ4n) is 1.47. The van der Waals surface area contributed by atoms with Crippen molar-refractivity contribution in [2.75, 3.05) is 11.5 Å². The van der Waals surface area contributed by atoms with Crippen LogP contribution >= 0.6 is 0 Å². The summed E-state index contributed by atoms with van der Waals surface area (Å²) in [6, 6.07) is 5.03. The summed E-state index contributed by atoms with van der Waals surface area (Å²) in [6.45, 7) is 5.78. The second kappa shape index (κ2) is 4.87. The van der Waals surface area contributed by atoms with Crippen molar-refractivity contribution in [2.45, 2.75) is 32.1 Å². The molecule has 4 heteroatoms. The summed E-state index contributed by atoms with van der Waals surface area (Å²) in [5.74, 6) is 0.575. The minimum atomic E-state index is -3.19. The quantitative estimate of drug-likeness (QED) is 0.823. The lowest BCUT2D eigenvalue weighted by Crippen LogP contribution is -2.11. The largest absolute Gasteiger partial charge is 0.398 e. The zero-order valence-electron chi connectivity index (χ0n) is 10.0. The average molecular weight is 241 g/mol. The lowest BCUT2D eigenvalue weighted by atomic mass is 10.2. The van der Waals surface area contributed by atoms with Crippen LogP contribution in [0.15, 0.2) is 23.1 Å². The summed E-state index contributed by atoms with van der Waals surface area (Å²) in [6.07, 6.45) is 0.677. The van der Waals surface area contributed by atoms with Gasteiger partial charge >= 0.3 is 0 Å². The first kappa shape index (κ1) is 13.0. The van der Waals surface area contributed by atoms with E-state index in [4.69, 9.17) is 5.73 Å².